The Kier molecular flexibility index (Phi) is 5.13. The number of rotatable bonds is 5. The maximum absolute atomic E-state index is 12.2. The van der Waals surface area contributed by atoms with Gasteiger partial charge in [-0.1, -0.05) is 35.9 Å². The highest BCUT2D eigenvalue weighted by molar-refractivity contribution is 6.31. The van der Waals surface area contributed by atoms with E-state index in [-0.39, 0.29) is 22.9 Å². The highest BCUT2D eigenvalue weighted by atomic mass is 35.5. The van der Waals surface area contributed by atoms with Crippen molar-refractivity contribution in [3.05, 3.63) is 69.7 Å². The number of Topliss-reactive ketones (excluding diaryl/α,β-unsaturated/α-hetero) is 1. The van der Waals surface area contributed by atoms with Crippen LogP contribution in [0.2, 0.25) is 5.02 Å². The van der Waals surface area contributed by atoms with Gasteiger partial charge in [-0.3, -0.25) is 9.59 Å². The molecule has 0 aromatic heterocycles. The number of amides is 1. The Balaban J connectivity index is 2.14. The van der Waals surface area contributed by atoms with Gasteiger partial charge in [0.1, 0.15) is 0 Å². The van der Waals surface area contributed by atoms with Crippen molar-refractivity contribution in [3.8, 4) is 0 Å². The molecule has 0 aliphatic rings. The molecule has 118 valence electrons. The normalized spacial score (nSPS) is 10.2. The summed E-state index contributed by atoms with van der Waals surface area (Å²) in [5.41, 5.74) is 1.30. The van der Waals surface area contributed by atoms with Gasteiger partial charge in [0.2, 0.25) is 0 Å². The summed E-state index contributed by atoms with van der Waals surface area (Å²) < 4.78 is 0. The molecule has 0 fully saturated rings. The largest absolute Gasteiger partial charge is 0.478 e. The summed E-state index contributed by atoms with van der Waals surface area (Å²) in [5, 5.41) is 11.8. The smallest absolute Gasteiger partial charge is 0.335 e. The van der Waals surface area contributed by atoms with E-state index in [1.165, 1.54) is 19.1 Å². The van der Waals surface area contributed by atoms with E-state index in [4.69, 9.17) is 16.7 Å². The van der Waals surface area contributed by atoms with Crippen molar-refractivity contribution in [3.63, 3.8) is 0 Å². The van der Waals surface area contributed by atoms with Crippen molar-refractivity contribution < 1.29 is 19.5 Å². The van der Waals surface area contributed by atoms with E-state index in [9.17, 15) is 14.4 Å². The molecule has 0 aliphatic carbocycles. The Bertz CT molecular complexity index is 786. The van der Waals surface area contributed by atoms with Crippen molar-refractivity contribution >= 4 is 29.3 Å². The molecule has 0 unspecified atom stereocenters. The van der Waals surface area contributed by atoms with Crippen LogP contribution in [0, 0.1) is 0 Å². The highest BCUT2D eigenvalue weighted by Crippen LogP contribution is 2.18. The topological polar surface area (TPSA) is 83.5 Å². The minimum Gasteiger partial charge on any atom is -0.478 e. The van der Waals surface area contributed by atoms with Gasteiger partial charge in [-0.05, 0) is 30.7 Å². The minimum atomic E-state index is -1.07. The lowest BCUT2D eigenvalue weighted by molar-refractivity contribution is 0.0696. The predicted molar refractivity (Wildman–Crippen MR) is 86.0 cm³/mol. The van der Waals surface area contributed by atoms with Gasteiger partial charge in [0.15, 0.2) is 5.78 Å². The van der Waals surface area contributed by atoms with Gasteiger partial charge in [-0.2, -0.15) is 0 Å². The second-order valence-electron chi connectivity index (χ2n) is 4.90. The first-order valence-electron chi connectivity index (χ1n) is 6.80. The first-order valence-corrected chi connectivity index (χ1v) is 7.18. The fourth-order valence-electron chi connectivity index (χ4n) is 2.08. The van der Waals surface area contributed by atoms with Gasteiger partial charge in [0.25, 0.3) is 5.91 Å². The van der Waals surface area contributed by atoms with Crippen molar-refractivity contribution in [1.82, 2.24) is 5.32 Å². The van der Waals surface area contributed by atoms with E-state index in [2.05, 4.69) is 5.32 Å². The molecule has 6 heteroatoms. The second kappa shape index (κ2) is 7.07. The van der Waals surface area contributed by atoms with E-state index >= 15 is 0 Å². The zero-order valence-corrected chi connectivity index (χ0v) is 13.1. The Labute approximate surface area is 137 Å². The van der Waals surface area contributed by atoms with Crippen LogP contribution < -0.4 is 5.32 Å². The van der Waals surface area contributed by atoms with Crippen LogP contribution in [-0.4, -0.2) is 22.8 Å². The first kappa shape index (κ1) is 16.7. The van der Waals surface area contributed by atoms with Crippen molar-refractivity contribution in [2.24, 2.45) is 0 Å². The number of carboxylic acid groups (broad SMARTS) is 1. The summed E-state index contributed by atoms with van der Waals surface area (Å²) in [6.07, 6.45) is 0. The number of halogens is 1. The summed E-state index contributed by atoms with van der Waals surface area (Å²) in [5.74, 6) is -1.66. The Hall–Kier alpha value is -2.66. The number of carboxylic acids is 1. The first-order chi connectivity index (χ1) is 10.9. The van der Waals surface area contributed by atoms with Crippen molar-refractivity contribution in [2.45, 2.75) is 13.5 Å². The predicted octanol–water partition coefficient (Wildman–Crippen LogP) is 3.17. The SMILES string of the molecule is CC(=O)c1ccccc1C(=O)NCc1ccc(C(=O)O)cc1Cl. The van der Waals surface area contributed by atoms with Crippen LogP contribution in [0.3, 0.4) is 0 Å². The Morgan fingerprint density at radius 3 is 2.30 bits per heavy atom. The molecule has 23 heavy (non-hydrogen) atoms. The maximum Gasteiger partial charge on any atom is 0.335 e. The molecule has 0 saturated heterocycles. The molecule has 1 amide bonds. The van der Waals surface area contributed by atoms with Crippen molar-refractivity contribution in [2.75, 3.05) is 0 Å². The molecule has 0 spiro atoms. The van der Waals surface area contributed by atoms with Crippen LogP contribution >= 0.6 is 11.6 Å². The maximum atomic E-state index is 12.2. The van der Waals surface area contributed by atoms with E-state index in [1.54, 1.807) is 30.3 Å². The average molecular weight is 332 g/mol. The van der Waals surface area contributed by atoms with Crippen LogP contribution in [0.15, 0.2) is 42.5 Å². The number of benzene rings is 2. The number of nitrogens with one attached hydrogen (secondary N) is 1. The molecule has 0 saturated carbocycles. The third-order valence-corrected chi connectivity index (χ3v) is 3.64. The summed E-state index contributed by atoms with van der Waals surface area (Å²) in [7, 11) is 0. The molecule has 0 radical (unpaired) electrons. The lowest BCUT2D eigenvalue weighted by Crippen LogP contribution is -2.24. The van der Waals surface area contributed by atoms with Gasteiger partial charge in [0, 0.05) is 17.1 Å². The lowest BCUT2D eigenvalue weighted by Gasteiger charge is -2.10. The molecular formula is C17H14ClNO4. The van der Waals surface area contributed by atoms with E-state index < -0.39 is 11.9 Å². The molecule has 0 bridgehead atoms. The van der Waals surface area contributed by atoms with Gasteiger partial charge in [0.05, 0.1) is 11.1 Å². The fraction of sp³-hybridized carbons (Fsp3) is 0.118. The summed E-state index contributed by atoms with van der Waals surface area (Å²) in [6.45, 7) is 1.53. The Morgan fingerprint density at radius 2 is 1.74 bits per heavy atom. The third kappa shape index (κ3) is 3.96. The van der Waals surface area contributed by atoms with Crippen molar-refractivity contribution in [1.29, 1.82) is 0 Å². The number of ketones is 1. The zero-order chi connectivity index (χ0) is 17.0. The second-order valence-corrected chi connectivity index (χ2v) is 5.30. The van der Waals surface area contributed by atoms with Gasteiger partial charge in [-0.25, -0.2) is 4.79 Å². The van der Waals surface area contributed by atoms with Crippen LogP contribution in [0.25, 0.3) is 0 Å². The van der Waals surface area contributed by atoms with Gasteiger partial charge in [-0.15, -0.1) is 0 Å². The summed E-state index contributed by atoms with van der Waals surface area (Å²) in [6, 6.07) is 10.8. The molecule has 5 nitrogen and oxygen atoms in total. The monoisotopic (exact) mass is 331 g/mol. The van der Waals surface area contributed by atoms with Crippen LogP contribution in [0.4, 0.5) is 0 Å². The molecule has 2 rings (SSSR count). The minimum absolute atomic E-state index is 0.0759. The number of hydrogen-bond donors (Lipinski definition) is 2. The molecule has 2 aromatic carbocycles. The Morgan fingerprint density at radius 1 is 1.09 bits per heavy atom. The fourth-order valence-corrected chi connectivity index (χ4v) is 2.33. The van der Waals surface area contributed by atoms with Gasteiger partial charge >= 0.3 is 5.97 Å². The number of aromatic carboxylic acids is 1. The third-order valence-electron chi connectivity index (χ3n) is 3.29. The average Bonchev–Trinajstić information content (AvgIpc) is 2.53. The van der Waals surface area contributed by atoms with E-state index in [0.717, 1.165) is 0 Å². The molecule has 0 atom stereocenters. The van der Waals surface area contributed by atoms with Crippen LogP contribution in [0.1, 0.15) is 43.6 Å². The van der Waals surface area contributed by atoms with E-state index in [1.807, 2.05) is 0 Å². The molecule has 0 heterocycles. The number of hydrogen-bond acceptors (Lipinski definition) is 3. The van der Waals surface area contributed by atoms with Crippen LogP contribution in [0.5, 0.6) is 0 Å². The summed E-state index contributed by atoms with van der Waals surface area (Å²) >= 11 is 6.02. The molecule has 2 aromatic rings. The molecule has 0 aliphatic heterocycles. The standard InChI is InChI=1S/C17H14ClNO4/c1-10(20)13-4-2-3-5-14(13)16(21)19-9-12-7-6-11(17(22)23)8-15(12)18/h2-8H,9H2,1H3,(H,19,21)(H,22,23). The molecular weight excluding hydrogens is 318 g/mol. The van der Waals surface area contributed by atoms with Crippen LogP contribution in [-0.2, 0) is 6.54 Å². The summed E-state index contributed by atoms with van der Waals surface area (Å²) in [4.78, 5) is 34.6. The van der Waals surface area contributed by atoms with E-state index in [0.29, 0.717) is 16.7 Å². The quantitative estimate of drug-likeness (QED) is 0.824. The zero-order valence-electron chi connectivity index (χ0n) is 12.3. The van der Waals surface area contributed by atoms with Gasteiger partial charge < -0.3 is 10.4 Å². The lowest BCUT2D eigenvalue weighted by atomic mass is 10.0. The highest BCUT2D eigenvalue weighted by Gasteiger charge is 2.14. The molecule has 2 N–H and O–H groups in total. The number of carbonyl (C=O) groups excluding carboxylic acids is 2. The number of carbonyl (C=O) groups is 3.